The zero-order chi connectivity index (χ0) is 21.8. The summed E-state index contributed by atoms with van der Waals surface area (Å²) in [4.78, 5) is 34.9. The maximum Gasteiger partial charge on any atom is 0.338 e. The lowest BCUT2D eigenvalue weighted by Gasteiger charge is -2.28. The van der Waals surface area contributed by atoms with Crippen molar-refractivity contribution < 1.29 is 29.1 Å². The van der Waals surface area contributed by atoms with Gasteiger partial charge in [0.2, 0.25) is 0 Å². The van der Waals surface area contributed by atoms with Crippen molar-refractivity contribution in [3.05, 3.63) is 75.0 Å². The number of amides is 2. The lowest BCUT2D eigenvalue weighted by atomic mass is 9.95. The topological polar surface area (TPSA) is 140 Å². The fraction of sp³-hybridized carbons (Fsp3) is 0.200. The Morgan fingerprint density at radius 2 is 1.93 bits per heavy atom. The van der Waals surface area contributed by atoms with Crippen molar-refractivity contribution in [1.29, 1.82) is 0 Å². The molecule has 0 saturated heterocycles. The van der Waals surface area contributed by atoms with E-state index in [4.69, 9.17) is 9.47 Å². The molecule has 0 aliphatic carbocycles. The highest BCUT2D eigenvalue weighted by Crippen LogP contribution is 2.33. The van der Waals surface area contributed by atoms with Crippen LogP contribution in [0.5, 0.6) is 11.5 Å². The van der Waals surface area contributed by atoms with Crippen molar-refractivity contribution in [2.75, 3.05) is 7.11 Å². The van der Waals surface area contributed by atoms with Crippen LogP contribution in [0, 0.1) is 10.1 Å². The highest BCUT2D eigenvalue weighted by atomic mass is 16.6. The molecule has 2 amide bonds. The van der Waals surface area contributed by atoms with Crippen LogP contribution in [0.1, 0.15) is 24.1 Å². The maximum atomic E-state index is 12.8. The number of carbonyl (C=O) groups excluding carboxylic acids is 2. The van der Waals surface area contributed by atoms with E-state index < -0.39 is 34.4 Å². The van der Waals surface area contributed by atoms with Crippen LogP contribution in [0.2, 0.25) is 0 Å². The number of allylic oxidation sites excluding steroid dienone is 1. The van der Waals surface area contributed by atoms with Gasteiger partial charge in [0.1, 0.15) is 12.4 Å². The number of benzene rings is 2. The Hall–Kier alpha value is -4.08. The second-order valence-electron chi connectivity index (χ2n) is 6.50. The van der Waals surface area contributed by atoms with Crippen LogP contribution in [0.4, 0.5) is 10.5 Å². The molecule has 10 nitrogen and oxygen atoms in total. The predicted octanol–water partition coefficient (Wildman–Crippen LogP) is 2.68. The van der Waals surface area contributed by atoms with Gasteiger partial charge in [-0.1, -0.05) is 12.1 Å². The molecule has 1 atom stereocenters. The summed E-state index contributed by atoms with van der Waals surface area (Å²) in [5.41, 5.74) is 0.949. The number of nitrogens with zero attached hydrogens (tertiary/aromatic N) is 1. The zero-order valence-electron chi connectivity index (χ0n) is 16.2. The number of aromatic hydroxyl groups is 1. The molecule has 3 N–H and O–H groups in total. The molecule has 1 heterocycles. The first-order valence-corrected chi connectivity index (χ1v) is 8.85. The van der Waals surface area contributed by atoms with E-state index in [-0.39, 0.29) is 17.9 Å². The number of hydrogen-bond donors (Lipinski definition) is 3. The number of nitro benzene ring substituents is 1. The highest BCUT2D eigenvalue weighted by Gasteiger charge is 2.33. The number of nitrogens with one attached hydrogen (secondary N) is 2. The fourth-order valence-electron chi connectivity index (χ4n) is 3.04. The number of nitro groups is 1. The highest BCUT2D eigenvalue weighted by molar-refractivity contribution is 5.95. The van der Waals surface area contributed by atoms with Crippen LogP contribution < -0.4 is 15.4 Å². The van der Waals surface area contributed by atoms with Gasteiger partial charge in [0, 0.05) is 11.8 Å². The van der Waals surface area contributed by atoms with Crippen LogP contribution in [0.25, 0.3) is 0 Å². The Bertz CT molecular complexity index is 1030. The lowest BCUT2D eigenvalue weighted by molar-refractivity contribution is -0.385. The number of phenols is 1. The first kappa shape index (κ1) is 20.6. The van der Waals surface area contributed by atoms with Gasteiger partial charge in [-0.05, 0) is 42.3 Å². The summed E-state index contributed by atoms with van der Waals surface area (Å²) in [6.07, 6.45) is 0. The second-order valence-corrected chi connectivity index (χ2v) is 6.50. The molecule has 0 bridgehead atoms. The average molecular weight is 413 g/mol. The van der Waals surface area contributed by atoms with Crippen molar-refractivity contribution in [2.45, 2.75) is 19.6 Å². The Labute approximate surface area is 171 Å². The third kappa shape index (κ3) is 4.32. The first-order valence-electron chi connectivity index (χ1n) is 8.85. The maximum absolute atomic E-state index is 12.8. The lowest BCUT2D eigenvalue weighted by Crippen LogP contribution is -2.45. The molecule has 0 radical (unpaired) electrons. The average Bonchev–Trinajstić information content (AvgIpc) is 2.71. The third-order valence-electron chi connectivity index (χ3n) is 4.55. The van der Waals surface area contributed by atoms with Crippen molar-refractivity contribution in [2.24, 2.45) is 0 Å². The summed E-state index contributed by atoms with van der Waals surface area (Å²) in [6, 6.07) is 9.07. The minimum absolute atomic E-state index is 0.00815. The number of carbonyl (C=O) groups is 2. The second kappa shape index (κ2) is 8.52. The van der Waals surface area contributed by atoms with Crippen molar-refractivity contribution in [3.63, 3.8) is 0 Å². The Balaban J connectivity index is 1.84. The van der Waals surface area contributed by atoms with Crippen molar-refractivity contribution in [3.8, 4) is 11.5 Å². The minimum atomic E-state index is -0.950. The molecule has 156 valence electrons. The van der Waals surface area contributed by atoms with Crippen molar-refractivity contribution in [1.82, 2.24) is 10.6 Å². The Morgan fingerprint density at radius 3 is 2.53 bits per heavy atom. The third-order valence-corrected chi connectivity index (χ3v) is 4.55. The van der Waals surface area contributed by atoms with Gasteiger partial charge in [0.05, 0.1) is 23.6 Å². The van der Waals surface area contributed by atoms with Crippen molar-refractivity contribution >= 4 is 17.7 Å². The van der Waals surface area contributed by atoms with Gasteiger partial charge in [-0.3, -0.25) is 10.1 Å². The molecule has 0 fully saturated rings. The largest absolute Gasteiger partial charge is 0.502 e. The number of methoxy groups -OCH3 is 1. The molecule has 30 heavy (non-hydrogen) atoms. The molecule has 1 unspecified atom stereocenters. The number of ether oxygens (including phenoxy) is 2. The summed E-state index contributed by atoms with van der Waals surface area (Å²) in [5, 5.41) is 25.9. The minimum Gasteiger partial charge on any atom is -0.502 e. The summed E-state index contributed by atoms with van der Waals surface area (Å²) < 4.78 is 10.5. The van der Waals surface area contributed by atoms with Gasteiger partial charge in [-0.25, -0.2) is 9.59 Å². The van der Waals surface area contributed by atoms with Gasteiger partial charge in [-0.2, -0.15) is 0 Å². The van der Waals surface area contributed by atoms with E-state index in [1.54, 1.807) is 38.3 Å². The standard InChI is InChI=1S/C20H19N3O7/c1-11-17(19(25)30-10-12-3-6-14(29-2)7-4-12)18(22-20(26)21-11)13-5-8-15(23(27)28)16(24)9-13/h3-9,18,24H,10H2,1-2H3,(H2,21,22,26). The van der Waals surface area contributed by atoms with E-state index in [9.17, 15) is 24.8 Å². The Kier molecular flexibility index (Phi) is 5.86. The van der Waals surface area contributed by atoms with E-state index in [0.29, 0.717) is 11.3 Å². The number of urea groups is 1. The molecule has 1 aliphatic heterocycles. The van der Waals surface area contributed by atoms with Gasteiger partial charge in [0.25, 0.3) is 0 Å². The molecular weight excluding hydrogens is 394 g/mol. The SMILES string of the molecule is COc1ccc(COC(=O)C2=C(C)NC(=O)NC2c2ccc([N+](=O)[O-])c(O)c2)cc1. The molecular formula is C20H19N3O7. The summed E-state index contributed by atoms with van der Waals surface area (Å²) in [7, 11) is 1.55. The predicted molar refractivity (Wildman–Crippen MR) is 105 cm³/mol. The summed E-state index contributed by atoms with van der Waals surface area (Å²) >= 11 is 0. The molecule has 2 aromatic carbocycles. The van der Waals surface area contributed by atoms with E-state index in [1.165, 1.54) is 6.07 Å². The molecule has 3 rings (SSSR count). The zero-order valence-corrected chi connectivity index (χ0v) is 16.2. The first-order chi connectivity index (χ1) is 14.3. The van der Waals surface area contributed by atoms with Gasteiger partial charge in [-0.15, -0.1) is 0 Å². The normalized spacial score (nSPS) is 15.8. The van der Waals surface area contributed by atoms with E-state index in [0.717, 1.165) is 17.7 Å². The number of phenolic OH excluding ortho intramolecular Hbond substituents is 1. The Morgan fingerprint density at radius 1 is 1.23 bits per heavy atom. The van der Waals surface area contributed by atoms with Gasteiger partial charge >= 0.3 is 17.7 Å². The quantitative estimate of drug-likeness (QED) is 0.376. The number of esters is 1. The number of rotatable bonds is 6. The van der Waals surface area contributed by atoms with Crippen LogP contribution in [0.3, 0.4) is 0 Å². The number of hydrogen-bond acceptors (Lipinski definition) is 7. The van der Waals surface area contributed by atoms with Gasteiger partial charge < -0.3 is 25.2 Å². The molecule has 0 saturated carbocycles. The summed E-state index contributed by atoms with van der Waals surface area (Å²) in [6.45, 7) is 1.53. The van der Waals surface area contributed by atoms with Crippen LogP contribution in [-0.4, -0.2) is 29.1 Å². The molecule has 0 spiro atoms. The molecule has 10 heteroatoms. The van der Waals surface area contributed by atoms with E-state index in [2.05, 4.69) is 10.6 Å². The van der Waals surface area contributed by atoms with Crippen LogP contribution >= 0.6 is 0 Å². The van der Waals surface area contributed by atoms with Crippen LogP contribution in [-0.2, 0) is 16.1 Å². The van der Waals surface area contributed by atoms with Gasteiger partial charge in [0.15, 0.2) is 5.75 Å². The smallest absolute Gasteiger partial charge is 0.338 e. The summed E-state index contributed by atoms with van der Waals surface area (Å²) in [5.74, 6) is -0.589. The van der Waals surface area contributed by atoms with E-state index >= 15 is 0 Å². The molecule has 0 aromatic heterocycles. The van der Waals surface area contributed by atoms with E-state index in [1.807, 2.05) is 0 Å². The van der Waals surface area contributed by atoms with Crippen LogP contribution in [0.15, 0.2) is 53.7 Å². The fourth-order valence-corrected chi connectivity index (χ4v) is 3.04. The monoisotopic (exact) mass is 413 g/mol. The molecule has 2 aromatic rings. The molecule has 1 aliphatic rings.